The van der Waals surface area contributed by atoms with Gasteiger partial charge in [-0.1, -0.05) is 71.6 Å². The second-order valence-corrected chi connectivity index (χ2v) is 7.23. The minimum absolute atomic E-state index is 0.429. The highest BCUT2D eigenvalue weighted by atomic mass is 15.2. The molecule has 0 heterocycles. The molecule has 1 rings (SSSR count). The third-order valence-corrected chi connectivity index (χ3v) is 5.56. The molecule has 21 heavy (non-hydrogen) atoms. The maximum absolute atomic E-state index is 3.82. The standard InChI is InChI=1S/C19H40N2/c1-5-7-8-9-10-11-12-15-18(20-6-2)19(21(3)4)16-13-14-17-19/h18,20H,5-17H2,1-4H3. The van der Waals surface area contributed by atoms with E-state index in [4.69, 9.17) is 0 Å². The molecule has 1 atom stereocenters. The van der Waals surface area contributed by atoms with Gasteiger partial charge in [-0.15, -0.1) is 0 Å². The molecule has 1 saturated carbocycles. The molecule has 0 aliphatic heterocycles. The molecule has 1 aliphatic rings. The number of rotatable bonds is 12. The van der Waals surface area contributed by atoms with Gasteiger partial charge in [-0.05, 0) is 39.9 Å². The van der Waals surface area contributed by atoms with Crippen molar-refractivity contribution < 1.29 is 0 Å². The average molecular weight is 297 g/mol. The van der Waals surface area contributed by atoms with Crippen molar-refractivity contribution in [1.82, 2.24) is 10.2 Å². The van der Waals surface area contributed by atoms with Gasteiger partial charge >= 0.3 is 0 Å². The molecule has 1 N–H and O–H groups in total. The minimum atomic E-state index is 0.429. The van der Waals surface area contributed by atoms with Crippen LogP contribution >= 0.6 is 0 Å². The highest BCUT2D eigenvalue weighted by molar-refractivity contribution is 5.01. The first-order chi connectivity index (χ1) is 10.2. The lowest BCUT2D eigenvalue weighted by molar-refractivity contribution is 0.0992. The first-order valence-corrected chi connectivity index (χ1v) is 9.58. The van der Waals surface area contributed by atoms with Crippen LogP contribution in [0.4, 0.5) is 0 Å². The van der Waals surface area contributed by atoms with Gasteiger partial charge in [0.15, 0.2) is 0 Å². The number of likely N-dealkylation sites (N-methyl/N-ethyl adjacent to an activating group) is 2. The first-order valence-electron chi connectivity index (χ1n) is 9.58. The zero-order chi connectivity index (χ0) is 15.6. The second kappa shape index (κ2) is 10.6. The van der Waals surface area contributed by atoms with Crippen molar-refractivity contribution in [3.8, 4) is 0 Å². The molecule has 2 nitrogen and oxygen atoms in total. The predicted molar refractivity (Wildman–Crippen MR) is 95.0 cm³/mol. The topological polar surface area (TPSA) is 15.3 Å². The molecule has 0 radical (unpaired) electrons. The Kier molecular flexibility index (Phi) is 9.59. The molecule has 0 aromatic rings. The van der Waals surface area contributed by atoms with Crippen molar-refractivity contribution in [2.24, 2.45) is 0 Å². The Morgan fingerprint density at radius 3 is 2.00 bits per heavy atom. The Bertz CT molecular complexity index is 244. The lowest BCUT2D eigenvalue weighted by Gasteiger charge is -2.44. The van der Waals surface area contributed by atoms with E-state index in [2.05, 4.69) is 38.2 Å². The average Bonchev–Trinajstić information content (AvgIpc) is 2.96. The van der Waals surface area contributed by atoms with E-state index in [1.807, 2.05) is 0 Å². The molecule has 1 aliphatic carbocycles. The molecular weight excluding hydrogens is 256 g/mol. The lowest BCUT2D eigenvalue weighted by atomic mass is 9.83. The van der Waals surface area contributed by atoms with E-state index < -0.39 is 0 Å². The summed E-state index contributed by atoms with van der Waals surface area (Å²) < 4.78 is 0. The normalized spacial score (nSPS) is 19.3. The van der Waals surface area contributed by atoms with E-state index in [0.29, 0.717) is 11.6 Å². The summed E-state index contributed by atoms with van der Waals surface area (Å²) in [5.41, 5.74) is 0.429. The van der Waals surface area contributed by atoms with Gasteiger partial charge in [-0.25, -0.2) is 0 Å². The second-order valence-electron chi connectivity index (χ2n) is 7.23. The smallest absolute Gasteiger partial charge is 0.0356 e. The fourth-order valence-corrected chi connectivity index (χ4v) is 4.21. The van der Waals surface area contributed by atoms with Crippen LogP contribution in [-0.2, 0) is 0 Å². The van der Waals surface area contributed by atoms with Gasteiger partial charge in [0.1, 0.15) is 0 Å². The van der Waals surface area contributed by atoms with Crippen molar-refractivity contribution >= 4 is 0 Å². The summed E-state index contributed by atoms with van der Waals surface area (Å²) in [4.78, 5) is 2.52. The highest BCUT2D eigenvalue weighted by Crippen LogP contribution is 2.38. The van der Waals surface area contributed by atoms with Gasteiger partial charge < -0.3 is 10.2 Å². The summed E-state index contributed by atoms with van der Waals surface area (Å²) in [6.07, 6.45) is 16.9. The molecule has 0 aromatic heterocycles. The molecule has 0 saturated heterocycles. The SMILES string of the molecule is CCCCCCCCCC(NCC)C1(N(C)C)CCCC1. The Balaban J connectivity index is 2.35. The van der Waals surface area contributed by atoms with Gasteiger partial charge in [0.25, 0.3) is 0 Å². The maximum Gasteiger partial charge on any atom is 0.0356 e. The summed E-state index contributed by atoms with van der Waals surface area (Å²) in [6, 6.07) is 0.690. The van der Waals surface area contributed by atoms with Crippen LogP contribution in [-0.4, -0.2) is 37.1 Å². The van der Waals surface area contributed by atoms with E-state index in [0.717, 1.165) is 6.54 Å². The van der Waals surface area contributed by atoms with Gasteiger partial charge in [0, 0.05) is 11.6 Å². The zero-order valence-electron chi connectivity index (χ0n) is 15.2. The highest BCUT2D eigenvalue weighted by Gasteiger charge is 2.42. The fourth-order valence-electron chi connectivity index (χ4n) is 4.21. The van der Waals surface area contributed by atoms with Crippen LogP contribution in [0.15, 0.2) is 0 Å². The van der Waals surface area contributed by atoms with Crippen molar-refractivity contribution in [2.45, 2.75) is 102 Å². The Labute approximate surface area is 134 Å². The van der Waals surface area contributed by atoms with Gasteiger partial charge in [-0.2, -0.15) is 0 Å². The molecular formula is C19H40N2. The molecule has 0 spiro atoms. The largest absolute Gasteiger partial charge is 0.312 e. The predicted octanol–water partition coefficient (Wildman–Crippen LogP) is 4.98. The first kappa shape index (κ1) is 19.0. The van der Waals surface area contributed by atoms with Crippen LogP contribution in [0, 0.1) is 0 Å². The number of hydrogen-bond acceptors (Lipinski definition) is 2. The molecule has 126 valence electrons. The molecule has 1 fully saturated rings. The van der Waals surface area contributed by atoms with E-state index in [1.54, 1.807) is 0 Å². The van der Waals surface area contributed by atoms with E-state index in [9.17, 15) is 0 Å². The third kappa shape index (κ3) is 5.90. The minimum Gasteiger partial charge on any atom is -0.312 e. The van der Waals surface area contributed by atoms with Gasteiger partial charge in [-0.3, -0.25) is 0 Å². The third-order valence-electron chi connectivity index (χ3n) is 5.56. The van der Waals surface area contributed by atoms with Gasteiger partial charge in [0.05, 0.1) is 0 Å². The molecule has 1 unspecified atom stereocenters. The van der Waals surface area contributed by atoms with E-state index >= 15 is 0 Å². The van der Waals surface area contributed by atoms with E-state index in [1.165, 1.54) is 77.0 Å². The van der Waals surface area contributed by atoms with Gasteiger partial charge in [0.2, 0.25) is 0 Å². The number of nitrogens with one attached hydrogen (secondary N) is 1. The molecule has 0 aromatic carbocycles. The maximum atomic E-state index is 3.82. The monoisotopic (exact) mass is 296 g/mol. The molecule has 0 bridgehead atoms. The van der Waals surface area contributed by atoms with Crippen LogP contribution < -0.4 is 5.32 Å². The molecule has 2 heteroatoms. The summed E-state index contributed by atoms with van der Waals surface area (Å²) in [5.74, 6) is 0. The van der Waals surface area contributed by atoms with Crippen LogP contribution in [0.1, 0.15) is 90.9 Å². The quantitative estimate of drug-likeness (QED) is 0.511. The van der Waals surface area contributed by atoms with Crippen molar-refractivity contribution in [1.29, 1.82) is 0 Å². The van der Waals surface area contributed by atoms with Crippen LogP contribution in [0.25, 0.3) is 0 Å². The number of hydrogen-bond donors (Lipinski definition) is 1. The van der Waals surface area contributed by atoms with E-state index in [-0.39, 0.29) is 0 Å². The van der Waals surface area contributed by atoms with Crippen molar-refractivity contribution in [3.63, 3.8) is 0 Å². The Morgan fingerprint density at radius 1 is 0.905 bits per heavy atom. The summed E-state index contributed by atoms with van der Waals surface area (Å²) in [7, 11) is 4.58. The summed E-state index contributed by atoms with van der Waals surface area (Å²) >= 11 is 0. The van der Waals surface area contributed by atoms with Crippen LogP contribution in [0.2, 0.25) is 0 Å². The number of nitrogens with zero attached hydrogens (tertiary/aromatic N) is 1. The summed E-state index contributed by atoms with van der Waals surface area (Å²) in [5, 5.41) is 3.82. The fraction of sp³-hybridized carbons (Fsp3) is 1.00. The zero-order valence-corrected chi connectivity index (χ0v) is 15.2. The Hall–Kier alpha value is -0.0800. The summed E-state index contributed by atoms with van der Waals surface area (Å²) in [6.45, 7) is 5.66. The molecule has 0 amide bonds. The lowest BCUT2D eigenvalue weighted by Crippen LogP contribution is -2.57. The van der Waals surface area contributed by atoms with Crippen molar-refractivity contribution in [2.75, 3.05) is 20.6 Å². The van der Waals surface area contributed by atoms with Crippen LogP contribution in [0.5, 0.6) is 0 Å². The Morgan fingerprint density at radius 2 is 1.48 bits per heavy atom. The number of unbranched alkanes of at least 4 members (excludes halogenated alkanes) is 6. The van der Waals surface area contributed by atoms with Crippen molar-refractivity contribution in [3.05, 3.63) is 0 Å². The van der Waals surface area contributed by atoms with Crippen LogP contribution in [0.3, 0.4) is 0 Å².